The number of rotatable bonds is 4. The molecule has 2 bridgehead atoms. The smallest absolute Gasteiger partial charge is 0.310 e. The van der Waals surface area contributed by atoms with Gasteiger partial charge in [-0.2, -0.15) is 0 Å². The monoisotopic (exact) mass is 317 g/mol. The van der Waals surface area contributed by atoms with E-state index >= 15 is 0 Å². The number of hydrogen-bond acceptors (Lipinski definition) is 5. The molecule has 3 aliphatic rings. The van der Waals surface area contributed by atoms with Gasteiger partial charge in [0, 0.05) is 12.0 Å². The lowest BCUT2D eigenvalue weighted by Gasteiger charge is -2.24. The lowest BCUT2D eigenvalue weighted by molar-refractivity contribution is -0.145. The summed E-state index contributed by atoms with van der Waals surface area (Å²) in [4.78, 5) is 24.8. The van der Waals surface area contributed by atoms with Crippen LogP contribution in [0.5, 0.6) is 11.5 Å². The van der Waals surface area contributed by atoms with Crippen molar-refractivity contribution in [1.29, 1.82) is 0 Å². The van der Waals surface area contributed by atoms with Crippen LogP contribution < -0.4 is 14.8 Å². The Morgan fingerprint density at radius 2 is 2.09 bits per heavy atom. The molecule has 3 fully saturated rings. The molecule has 23 heavy (non-hydrogen) atoms. The minimum absolute atomic E-state index is 0.0351. The number of nitrogens with one attached hydrogen (secondary N) is 1. The molecule has 122 valence electrons. The summed E-state index contributed by atoms with van der Waals surface area (Å²) in [5, 5.41) is 2.91. The van der Waals surface area contributed by atoms with Crippen LogP contribution in [0.1, 0.15) is 12.8 Å². The molecule has 0 aromatic heterocycles. The van der Waals surface area contributed by atoms with Gasteiger partial charge in [-0.3, -0.25) is 9.59 Å². The van der Waals surface area contributed by atoms with E-state index < -0.39 is 0 Å². The molecule has 6 heteroatoms. The average molecular weight is 317 g/mol. The van der Waals surface area contributed by atoms with Gasteiger partial charge in [0.15, 0.2) is 0 Å². The number of carbonyl (C=O) groups is 2. The van der Waals surface area contributed by atoms with Crippen LogP contribution in [-0.4, -0.2) is 32.2 Å². The normalized spacial score (nSPS) is 33.5. The van der Waals surface area contributed by atoms with Crippen molar-refractivity contribution in [3.63, 3.8) is 0 Å². The number of benzene rings is 1. The van der Waals surface area contributed by atoms with Crippen LogP contribution in [0.25, 0.3) is 0 Å². The number of ether oxygens (including phenoxy) is 3. The molecule has 5 atom stereocenters. The van der Waals surface area contributed by atoms with Crippen molar-refractivity contribution in [2.45, 2.75) is 18.9 Å². The van der Waals surface area contributed by atoms with Crippen molar-refractivity contribution in [2.75, 3.05) is 19.5 Å². The van der Waals surface area contributed by atoms with Gasteiger partial charge < -0.3 is 19.5 Å². The van der Waals surface area contributed by atoms with Crippen molar-refractivity contribution >= 4 is 17.6 Å². The van der Waals surface area contributed by atoms with Crippen LogP contribution in [0.3, 0.4) is 0 Å². The number of fused-ring (bicyclic) bond motifs is 1. The van der Waals surface area contributed by atoms with Gasteiger partial charge >= 0.3 is 5.97 Å². The molecular weight excluding hydrogens is 298 g/mol. The summed E-state index contributed by atoms with van der Waals surface area (Å²) in [7, 11) is 3.12. The van der Waals surface area contributed by atoms with Crippen LogP contribution in [0.2, 0.25) is 0 Å². The zero-order valence-corrected chi connectivity index (χ0v) is 13.1. The average Bonchev–Trinajstić information content (AvgIpc) is 3.16. The number of methoxy groups -OCH3 is 2. The Hall–Kier alpha value is -2.24. The first-order valence-corrected chi connectivity index (χ1v) is 7.85. The maximum Gasteiger partial charge on any atom is 0.310 e. The fourth-order valence-corrected chi connectivity index (χ4v) is 4.49. The summed E-state index contributed by atoms with van der Waals surface area (Å²) in [6, 6.07) is 5.24. The van der Waals surface area contributed by atoms with Crippen LogP contribution in [0, 0.1) is 23.7 Å². The minimum atomic E-state index is -0.304. The summed E-state index contributed by atoms with van der Waals surface area (Å²) in [6.07, 6.45) is 1.75. The van der Waals surface area contributed by atoms with Crippen molar-refractivity contribution in [1.82, 2.24) is 0 Å². The van der Waals surface area contributed by atoms with Crippen LogP contribution >= 0.6 is 0 Å². The highest BCUT2D eigenvalue weighted by atomic mass is 16.6. The van der Waals surface area contributed by atoms with Crippen LogP contribution in [0.15, 0.2) is 18.2 Å². The van der Waals surface area contributed by atoms with Crippen molar-refractivity contribution in [2.24, 2.45) is 23.7 Å². The predicted molar refractivity (Wildman–Crippen MR) is 81.2 cm³/mol. The van der Waals surface area contributed by atoms with E-state index in [-0.39, 0.29) is 41.7 Å². The standard InChI is InChI=1S/C17H19NO5/c1-21-9-3-4-12(22-2)11(7-9)18-16(19)14-8-5-10-13(6-8)23-17(20)15(10)14/h3-4,7-8,10,13-15H,5-6H2,1-2H3,(H,18,19)/t8-,10+,13-,14+,15+/m0/s1. The highest BCUT2D eigenvalue weighted by molar-refractivity contribution is 5.98. The third kappa shape index (κ3) is 2.08. The fraction of sp³-hybridized carbons (Fsp3) is 0.529. The molecule has 1 aromatic rings. The molecule has 1 aromatic carbocycles. The van der Waals surface area contributed by atoms with Crippen molar-refractivity contribution < 1.29 is 23.8 Å². The number of carbonyl (C=O) groups excluding carboxylic acids is 2. The second kappa shape index (κ2) is 5.15. The molecule has 4 rings (SSSR count). The Bertz CT molecular complexity index is 671. The minimum Gasteiger partial charge on any atom is -0.497 e. The van der Waals surface area contributed by atoms with Gasteiger partial charge in [0.05, 0.1) is 31.7 Å². The molecule has 2 saturated carbocycles. The highest BCUT2D eigenvalue weighted by Gasteiger charge is 2.63. The van der Waals surface area contributed by atoms with E-state index in [1.165, 1.54) is 0 Å². The van der Waals surface area contributed by atoms with Crippen molar-refractivity contribution in [3.8, 4) is 11.5 Å². The zero-order valence-electron chi connectivity index (χ0n) is 13.1. The number of esters is 1. The fourth-order valence-electron chi connectivity index (χ4n) is 4.49. The first-order chi connectivity index (χ1) is 11.1. The van der Waals surface area contributed by atoms with Gasteiger partial charge in [-0.25, -0.2) is 0 Å². The Morgan fingerprint density at radius 1 is 1.26 bits per heavy atom. The quantitative estimate of drug-likeness (QED) is 0.858. The van der Waals surface area contributed by atoms with Gasteiger partial charge in [0.1, 0.15) is 17.6 Å². The zero-order chi connectivity index (χ0) is 16.1. The van der Waals surface area contributed by atoms with E-state index in [1.807, 2.05) is 0 Å². The summed E-state index contributed by atoms with van der Waals surface area (Å²) < 4.78 is 15.9. The Labute approximate surface area is 134 Å². The number of anilines is 1. The second-order valence-electron chi connectivity index (χ2n) is 6.48. The van der Waals surface area contributed by atoms with Crippen LogP contribution in [0.4, 0.5) is 5.69 Å². The summed E-state index contributed by atoms with van der Waals surface area (Å²) in [6.45, 7) is 0. The lowest BCUT2D eigenvalue weighted by atomic mass is 9.79. The summed E-state index contributed by atoms with van der Waals surface area (Å²) in [5.74, 6) is 0.721. The van der Waals surface area contributed by atoms with Gasteiger partial charge in [0.2, 0.25) is 5.91 Å². The molecule has 0 unspecified atom stereocenters. The predicted octanol–water partition coefficient (Wildman–Crippen LogP) is 1.84. The lowest BCUT2D eigenvalue weighted by Crippen LogP contribution is -2.35. The first kappa shape index (κ1) is 14.4. The Balaban J connectivity index is 1.58. The molecule has 0 spiro atoms. The third-order valence-electron chi connectivity index (χ3n) is 5.45. The van der Waals surface area contributed by atoms with E-state index in [0.29, 0.717) is 17.2 Å². The highest BCUT2D eigenvalue weighted by Crippen LogP contribution is 2.57. The van der Waals surface area contributed by atoms with Gasteiger partial charge in [-0.15, -0.1) is 0 Å². The molecule has 1 saturated heterocycles. The number of amides is 1. The van der Waals surface area contributed by atoms with Gasteiger partial charge in [0.25, 0.3) is 0 Å². The topological polar surface area (TPSA) is 73.9 Å². The molecule has 1 amide bonds. The summed E-state index contributed by atoms with van der Waals surface area (Å²) in [5.41, 5.74) is 0.558. The van der Waals surface area contributed by atoms with Crippen molar-refractivity contribution in [3.05, 3.63) is 18.2 Å². The molecule has 0 radical (unpaired) electrons. The van der Waals surface area contributed by atoms with Gasteiger partial charge in [-0.1, -0.05) is 0 Å². The summed E-state index contributed by atoms with van der Waals surface area (Å²) >= 11 is 0. The molecule has 2 aliphatic carbocycles. The molecule has 1 N–H and O–H groups in total. The first-order valence-electron chi connectivity index (χ1n) is 7.85. The molecule has 6 nitrogen and oxygen atoms in total. The molecule has 1 aliphatic heterocycles. The van der Waals surface area contributed by atoms with E-state index in [4.69, 9.17) is 14.2 Å². The number of hydrogen-bond donors (Lipinski definition) is 1. The maximum absolute atomic E-state index is 12.8. The van der Waals surface area contributed by atoms with E-state index in [9.17, 15) is 9.59 Å². The van der Waals surface area contributed by atoms with Crippen LogP contribution in [-0.2, 0) is 14.3 Å². The maximum atomic E-state index is 12.8. The Kier molecular flexibility index (Phi) is 3.21. The molecule has 1 heterocycles. The SMILES string of the molecule is COc1ccc(OC)c(NC(=O)[C@@H]2[C@H]3C[C@H]4[C@H]2C(=O)O[C@H]4C3)c1. The van der Waals surface area contributed by atoms with Gasteiger partial charge in [-0.05, 0) is 30.9 Å². The molecular formula is C17H19NO5. The Morgan fingerprint density at radius 3 is 2.83 bits per heavy atom. The van der Waals surface area contributed by atoms with E-state index in [2.05, 4.69) is 5.32 Å². The van der Waals surface area contributed by atoms with E-state index in [0.717, 1.165) is 12.8 Å². The van der Waals surface area contributed by atoms with E-state index in [1.54, 1.807) is 32.4 Å². The second-order valence-corrected chi connectivity index (χ2v) is 6.48. The largest absolute Gasteiger partial charge is 0.497 e. The third-order valence-corrected chi connectivity index (χ3v) is 5.45.